The Kier molecular flexibility index (Phi) is 7.60. The molecule has 8 heteroatoms. The molecule has 0 bridgehead atoms. The molecule has 0 aromatic heterocycles. The molecular weight excluding hydrogens is 464 g/mol. The molecule has 3 aromatic carbocycles. The van der Waals surface area contributed by atoms with Gasteiger partial charge in [-0.15, -0.1) is 0 Å². The van der Waals surface area contributed by atoms with Crippen LogP contribution >= 0.6 is 0 Å². The highest BCUT2D eigenvalue weighted by Gasteiger charge is 2.28. The number of ether oxygens (including phenoxy) is 2. The Balaban J connectivity index is 1.37. The van der Waals surface area contributed by atoms with Gasteiger partial charge in [-0.3, -0.25) is 9.10 Å². The second-order valence-corrected chi connectivity index (χ2v) is 10.2. The smallest absolute Gasteiger partial charge is 0.264 e. The van der Waals surface area contributed by atoms with Gasteiger partial charge in [0.05, 0.1) is 36.9 Å². The second kappa shape index (κ2) is 10.8. The van der Waals surface area contributed by atoms with Crippen LogP contribution in [-0.4, -0.2) is 35.1 Å². The summed E-state index contributed by atoms with van der Waals surface area (Å²) in [6.45, 7) is 0.763. The first-order valence-electron chi connectivity index (χ1n) is 11.6. The first-order valence-corrected chi connectivity index (χ1v) is 13.0. The Bertz CT molecular complexity index is 1270. The fourth-order valence-electron chi connectivity index (χ4n) is 4.34. The Morgan fingerprint density at radius 3 is 2.31 bits per heavy atom. The lowest BCUT2D eigenvalue weighted by molar-refractivity contribution is -0.121. The maximum absolute atomic E-state index is 13.3. The number of sulfonamides is 1. The highest BCUT2D eigenvalue weighted by Crippen LogP contribution is 2.32. The highest BCUT2D eigenvalue weighted by molar-refractivity contribution is 7.92. The van der Waals surface area contributed by atoms with E-state index >= 15 is 0 Å². The van der Waals surface area contributed by atoms with Crippen molar-refractivity contribution in [3.05, 3.63) is 83.4 Å². The number of benzene rings is 3. The number of nitrogens with one attached hydrogen (secondary N) is 1. The van der Waals surface area contributed by atoms with Crippen LogP contribution in [-0.2, 0) is 34.2 Å². The maximum Gasteiger partial charge on any atom is 0.264 e. The average Bonchev–Trinajstić information content (AvgIpc) is 2.90. The minimum atomic E-state index is -3.65. The van der Waals surface area contributed by atoms with Crippen molar-refractivity contribution in [3.63, 3.8) is 0 Å². The zero-order chi connectivity index (χ0) is 24.8. The van der Waals surface area contributed by atoms with Crippen LogP contribution < -0.4 is 19.1 Å². The molecule has 1 aliphatic rings. The summed E-state index contributed by atoms with van der Waals surface area (Å²) in [4.78, 5) is 12.7. The summed E-state index contributed by atoms with van der Waals surface area (Å²) in [6, 6.07) is 19.9. The van der Waals surface area contributed by atoms with Crippen LogP contribution in [0.1, 0.15) is 29.5 Å². The molecule has 1 N–H and O–H groups in total. The first kappa shape index (κ1) is 24.6. The third-order valence-corrected chi connectivity index (χ3v) is 8.04. The number of carbonyl (C=O) groups is 1. The molecule has 0 atom stereocenters. The third-order valence-electron chi connectivity index (χ3n) is 6.21. The van der Waals surface area contributed by atoms with E-state index in [0.717, 1.165) is 35.2 Å². The van der Waals surface area contributed by atoms with Crippen molar-refractivity contribution in [2.45, 2.75) is 37.1 Å². The lowest BCUT2D eigenvalue weighted by Crippen LogP contribution is -2.35. The summed E-state index contributed by atoms with van der Waals surface area (Å²) in [7, 11) is -0.491. The number of anilines is 1. The average molecular weight is 495 g/mol. The zero-order valence-corrected chi connectivity index (χ0v) is 20.8. The van der Waals surface area contributed by atoms with E-state index in [1.807, 2.05) is 42.5 Å². The van der Waals surface area contributed by atoms with E-state index in [2.05, 4.69) is 5.32 Å². The van der Waals surface area contributed by atoms with Gasteiger partial charge in [-0.05, 0) is 60.7 Å². The minimum absolute atomic E-state index is 0.111. The van der Waals surface area contributed by atoms with Crippen molar-refractivity contribution in [1.82, 2.24) is 5.32 Å². The lowest BCUT2D eigenvalue weighted by Gasteiger charge is -2.30. The Morgan fingerprint density at radius 2 is 1.63 bits per heavy atom. The van der Waals surface area contributed by atoms with Crippen LogP contribution in [0.4, 0.5) is 5.69 Å². The summed E-state index contributed by atoms with van der Waals surface area (Å²) in [5, 5.41) is 2.91. The third kappa shape index (κ3) is 5.43. The molecule has 0 fully saturated rings. The Hall–Kier alpha value is -3.52. The molecule has 0 saturated heterocycles. The van der Waals surface area contributed by atoms with Gasteiger partial charge in [0.15, 0.2) is 0 Å². The van der Waals surface area contributed by atoms with Gasteiger partial charge in [0, 0.05) is 13.0 Å². The van der Waals surface area contributed by atoms with E-state index in [4.69, 9.17) is 9.47 Å². The molecule has 3 aromatic rings. The molecule has 0 aliphatic carbocycles. The van der Waals surface area contributed by atoms with E-state index in [-0.39, 0.29) is 17.2 Å². The maximum atomic E-state index is 13.3. The van der Waals surface area contributed by atoms with E-state index in [9.17, 15) is 13.2 Å². The van der Waals surface area contributed by atoms with Crippen LogP contribution in [0.5, 0.6) is 11.5 Å². The topological polar surface area (TPSA) is 84.9 Å². The molecule has 0 saturated carbocycles. The molecular formula is C27H30N2O5S. The molecule has 1 aliphatic heterocycles. The summed E-state index contributed by atoms with van der Waals surface area (Å²) in [6.07, 6.45) is 2.46. The number of rotatable bonds is 9. The molecule has 1 amide bonds. The van der Waals surface area contributed by atoms with Crippen LogP contribution in [0.25, 0.3) is 0 Å². The van der Waals surface area contributed by atoms with Crippen molar-refractivity contribution in [1.29, 1.82) is 0 Å². The monoisotopic (exact) mass is 494 g/mol. The number of amides is 1. The lowest BCUT2D eigenvalue weighted by atomic mass is 10.0. The molecule has 4 rings (SSSR count). The summed E-state index contributed by atoms with van der Waals surface area (Å²) >= 11 is 0. The van der Waals surface area contributed by atoms with Crippen LogP contribution in [0, 0.1) is 0 Å². The number of para-hydroxylation sites is 1. The number of hydrogen-bond acceptors (Lipinski definition) is 5. The fourth-order valence-corrected chi connectivity index (χ4v) is 5.88. The largest absolute Gasteiger partial charge is 0.496 e. The second-order valence-electron chi connectivity index (χ2n) is 8.37. The molecule has 0 radical (unpaired) electrons. The standard InChI is InChI=1S/C27H30N2O5S/c1-33-25-10-5-11-26(34-2)23(25)19-28-27(30)17-14-20-12-15-22(16-13-20)35(31,32)29-18-6-8-21-7-3-4-9-24(21)29/h3-5,7,9-13,15-16H,6,8,14,17-19H2,1-2H3,(H,28,30). The van der Waals surface area contributed by atoms with Crippen LogP contribution in [0.15, 0.2) is 71.6 Å². The van der Waals surface area contributed by atoms with Crippen molar-refractivity contribution < 1.29 is 22.7 Å². The van der Waals surface area contributed by atoms with Gasteiger partial charge >= 0.3 is 0 Å². The van der Waals surface area contributed by atoms with Gasteiger partial charge in [-0.2, -0.15) is 0 Å². The number of methoxy groups -OCH3 is 2. The van der Waals surface area contributed by atoms with Gasteiger partial charge in [-0.25, -0.2) is 8.42 Å². The van der Waals surface area contributed by atoms with E-state index in [0.29, 0.717) is 31.0 Å². The summed E-state index contributed by atoms with van der Waals surface area (Å²) in [5.74, 6) is 1.19. The molecule has 184 valence electrons. The van der Waals surface area contributed by atoms with E-state index in [1.165, 1.54) is 4.31 Å². The fraction of sp³-hybridized carbons (Fsp3) is 0.296. The van der Waals surface area contributed by atoms with Gasteiger partial charge in [0.1, 0.15) is 11.5 Å². The van der Waals surface area contributed by atoms with Crippen LogP contribution in [0.2, 0.25) is 0 Å². The number of hydrogen-bond donors (Lipinski definition) is 1. The molecule has 35 heavy (non-hydrogen) atoms. The van der Waals surface area contributed by atoms with Gasteiger partial charge in [-0.1, -0.05) is 36.4 Å². The zero-order valence-electron chi connectivity index (χ0n) is 20.0. The van der Waals surface area contributed by atoms with Gasteiger partial charge in [0.2, 0.25) is 5.91 Å². The van der Waals surface area contributed by atoms with Crippen molar-refractivity contribution >= 4 is 21.6 Å². The number of carbonyl (C=O) groups excluding carboxylic acids is 1. The van der Waals surface area contributed by atoms with Crippen molar-refractivity contribution in [3.8, 4) is 11.5 Å². The Labute approximate surface area is 206 Å². The molecule has 7 nitrogen and oxygen atoms in total. The number of fused-ring (bicyclic) bond motifs is 1. The predicted octanol–water partition coefficient (Wildman–Crippen LogP) is 4.09. The van der Waals surface area contributed by atoms with Crippen molar-refractivity contribution in [2.24, 2.45) is 0 Å². The summed E-state index contributed by atoms with van der Waals surface area (Å²) < 4.78 is 38.8. The molecule has 1 heterocycles. The van der Waals surface area contributed by atoms with Gasteiger partial charge < -0.3 is 14.8 Å². The molecule has 0 spiro atoms. The van der Waals surface area contributed by atoms with Crippen LogP contribution in [0.3, 0.4) is 0 Å². The normalized spacial score (nSPS) is 13.1. The van der Waals surface area contributed by atoms with E-state index in [1.54, 1.807) is 38.5 Å². The summed E-state index contributed by atoms with van der Waals surface area (Å²) in [5.41, 5.74) is 3.48. The quantitative estimate of drug-likeness (QED) is 0.484. The minimum Gasteiger partial charge on any atom is -0.496 e. The Morgan fingerprint density at radius 1 is 0.943 bits per heavy atom. The van der Waals surface area contributed by atoms with E-state index < -0.39 is 10.0 Å². The molecule has 0 unspecified atom stereocenters. The predicted molar refractivity (Wildman–Crippen MR) is 135 cm³/mol. The van der Waals surface area contributed by atoms with Crippen molar-refractivity contribution in [2.75, 3.05) is 25.1 Å². The first-order chi connectivity index (χ1) is 16.9. The SMILES string of the molecule is COc1cccc(OC)c1CNC(=O)CCc1ccc(S(=O)(=O)N2CCCc3ccccc32)cc1. The van der Waals surface area contributed by atoms with Gasteiger partial charge in [0.25, 0.3) is 10.0 Å². The highest BCUT2D eigenvalue weighted by atomic mass is 32.2. The number of aryl methyl sites for hydroxylation is 2. The number of nitrogens with zero attached hydrogens (tertiary/aromatic N) is 1.